The van der Waals surface area contributed by atoms with Crippen LogP contribution < -0.4 is 5.73 Å². The van der Waals surface area contributed by atoms with Crippen LogP contribution in [-0.2, 0) is 0 Å². The first-order valence-electron chi connectivity index (χ1n) is 6.52. The highest BCUT2D eigenvalue weighted by molar-refractivity contribution is 6.32. The van der Waals surface area contributed by atoms with Crippen LogP contribution in [0.4, 0.5) is 0 Å². The van der Waals surface area contributed by atoms with Crippen molar-refractivity contribution in [3.63, 3.8) is 0 Å². The van der Waals surface area contributed by atoms with Crippen molar-refractivity contribution in [3.05, 3.63) is 76.4 Å². The third-order valence-corrected chi connectivity index (χ3v) is 4.07. The molecule has 2 N–H and O–H groups in total. The van der Waals surface area contributed by atoms with Crippen LogP contribution >= 0.6 is 11.6 Å². The van der Waals surface area contributed by atoms with E-state index in [1.165, 1.54) is 0 Å². The summed E-state index contributed by atoms with van der Waals surface area (Å²) in [4.78, 5) is 4.46. The highest BCUT2D eigenvalue weighted by atomic mass is 35.5. The summed E-state index contributed by atoms with van der Waals surface area (Å²) in [5.74, 6) is 0. The van der Waals surface area contributed by atoms with Gasteiger partial charge in [-0.15, -0.1) is 0 Å². The zero-order valence-corrected chi connectivity index (χ0v) is 11.9. The number of fused-ring (bicyclic) bond motifs is 1. The Morgan fingerprint density at radius 2 is 1.70 bits per heavy atom. The molecule has 3 aromatic rings. The minimum atomic E-state index is -0.277. The third-order valence-electron chi connectivity index (χ3n) is 3.56. The summed E-state index contributed by atoms with van der Waals surface area (Å²) in [5, 5.41) is 1.82. The van der Waals surface area contributed by atoms with Crippen molar-refractivity contribution in [3.8, 4) is 0 Å². The summed E-state index contributed by atoms with van der Waals surface area (Å²) in [6.45, 7) is 1.99. The second-order valence-corrected chi connectivity index (χ2v) is 5.26. The Balaban J connectivity index is 2.18. The number of para-hydroxylation sites is 1. The number of pyridine rings is 1. The highest BCUT2D eigenvalue weighted by Gasteiger charge is 2.16. The largest absolute Gasteiger partial charge is 0.320 e. The molecule has 20 heavy (non-hydrogen) atoms. The number of benzene rings is 2. The van der Waals surface area contributed by atoms with Gasteiger partial charge in [0, 0.05) is 16.6 Å². The molecule has 1 heterocycles. The van der Waals surface area contributed by atoms with Gasteiger partial charge in [0.2, 0.25) is 0 Å². The quantitative estimate of drug-likeness (QED) is 0.763. The number of aromatic nitrogens is 1. The van der Waals surface area contributed by atoms with E-state index in [-0.39, 0.29) is 6.04 Å². The zero-order chi connectivity index (χ0) is 14.1. The monoisotopic (exact) mass is 282 g/mol. The molecular formula is C17H15ClN2. The molecule has 3 rings (SSSR count). The van der Waals surface area contributed by atoms with Gasteiger partial charge in [0.25, 0.3) is 0 Å². The van der Waals surface area contributed by atoms with Crippen LogP contribution in [0.5, 0.6) is 0 Å². The van der Waals surface area contributed by atoms with E-state index < -0.39 is 0 Å². The minimum absolute atomic E-state index is 0.277. The van der Waals surface area contributed by atoms with Gasteiger partial charge < -0.3 is 5.73 Å². The topological polar surface area (TPSA) is 38.9 Å². The lowest BCUT2D eigenvalue weighted by molar-refractivity contribution is 0.876. The summed E-state index contributed by atoms with van der Waals surface area (Å²) in [6.07, 6.45) is 1.79. The van der Waals surface area contributed by atoms with Crippen LogP contribution in [0.1, 0.15) is 22.7 Å². The molecule has 0 saturated heterocycles. The summed E-state index contributed by atoms with van der Waals surface area (Å²) < 4.78 is 0. The number of nitrogens with two attached hydrogens (primary N) is 1. The Morgan fingerprint density at radius 3 is 2.55 bits per heavy atom. The summed E-state index contributed by atoms with van der Waals surface area (Å²) in [7, 11) is 0. The number of halogens is 1. The van der Waals surface area contributed by atoms with Gasteiger partial charge in [0.1, 0.15) is 0 Å². The summed E-state index contributed by atoms with van der Waals surface area (Å²) in [5.41, 5.74) is 10.3. The Morgan fingerprint density at radius 1 is 1.00 bits per heavy atom. The van der Waals surface area contributed by atoms with E-state index in [1.807, 2.05) is 55.5 Å². The summed E-state index contributed by atoms with van der Waals surface area (Å²) in [6, 6.07) is 15.7. The highest BCUT2D eigenvalue weighted by Crippen LogP contribution is 2.31. The third kappa shape index (κ3) is 2.17. The second kappa shape index (κ2) is 5.23. The normalized spacial score (nSPS) is 12.6. The number of nitrogens with zero attached hydrogens (tertiary/aromatic N) is 1. The van der Waals surface area contributed by atoms with Crippen LogP contribution in [0.2, 0.25) is 5.02 Å². The van der Waals surface area contributed by atoms with Crippen molar-refractivity contribution >= 4 is 22.5 Å². The van der Waals surface area contributed by atoms with Crippen LogP contribution in [0, 0.1) is 6.92 Å². The van der Waals surface area contributed by atoms with E-state index in [4.69, 9.17) is 17.3 Å². The van der Waals surface area contributed by atoms with Crippen LogP contribution in [0.15, 0.2) is 54.7 Å². The van der Waals surface area contributed by atoms with Gasteiger partial charge in [-0.05, 0) is 29.7 Å². The molecule has 0 aliphatic heterocycles. The molecule has 0 radical (unpaired) electrons. The number of hydrogen-bond acceptors (Lipinski definition) is 2. The Hall–Kier alpha value is -1.90. The standard InChI is InChI=1S/C17H15ClN2/c1-11-5-2-8-13(15(11)18)16(19)14-9-3-6-12-7-4-10-20-17(12)14/h2-10,16H,19H2,1H3. The maximum Gasteiger partial charge on any atom is 0.0753 e. The van der Waals surface area contributed by atoms with E-state index in [0.717, 1.165) is 32.6 Å². The second-order valence-electron chi connectivity index (χ2n) is 4.88. The number of hydrogen-bond donors (Lipinski definition) is 1. The van der Waals surface area contributed by atoms with Crippen LogP contribution in [0.3, 0.4) is 0 Å². The molecule has 2 nitrogen and oxygen atoms in total. The predicted molar refractivity (Wildman–Crippen MR) is 84.0 cm³/mol. The molecular weight excluding hydrogens is 268 g/mol. The van der Waals surface area contributed by atoms with Gasteiger partial charge >= 0.3 is 0 Å². The van der Waals surface area contributed by atoms with Crippen molar-refractivity contribution in [1.82, 2.24) is 4.98 Å². The van der Waals surface area contributed by atoms with Gasteiger partial charge in [-0.3, -0.25) is 4.98 Å². The Bertz CT molecular complexity index is 763. The van der Waals surface area contributed by atoms with Gasteiger partial charge in [-0.25, -0.2) is 0 Å². The first-order chi connectivity index (χ1) is 9.68. The fraction of sp³-hybridized carbons (Fsp3) is 0.118. The maximum absolute atomic E-state index is 6.43. The molecule has 2 aromatic carbocycles. The molecule has 1 atom stereocenters. The maximum atomic E-state index is 6.43. The van der Waals surface area contributed by atoms with E-state index in [1.54, 1.807) is 6.20 Å². The van der Waals surface area contributed by atoms with Crippen molar-refractivity contribution < 1.29 is 0 Å². The van der Waals surface area contributed by atoms with Crippen molar-refractivity contribution in [2.24, 2.45) is 5.73 Å². The molecule has 1 unspecified atom stereocenters. The molecule has 3 heteroatoms. The minimum Gasteiger partial charge on any atom is -0.320 e. The molecule has 0 aliphatic rings. The smallest absolute Gasteiger partial charge is 0.0753 e. The first kappa shape index (κ1) is 13.1. The van der Waals surface area contributed by atoms with Crippen molar-refractivity contribution in [2.75, 3.05) is 0 Å². The fourth-order valence-corrected chi connectivity index (χ4v) is 2.70. The SMILES string of the molecule is Cc1cccc(C(N)c2cccc3cccnc23)c1Cl. The van der Waals surface area contributed by atoms with E-state index in [0.29, 0.717) is 0 Å². The zero-order valence-electron chi connectivity index (χ0n) is 11.2. The van der Waals surface area contributed by atoms with Gasteiger partial charge in [0.05, 0.1) is 11.6 Å². The first-order valence-corrected chi connectivity index (χ1v) is 6.90. The number of rotatable bonds is 2. The van der Waals surface area contributed by atoms with Crippen LogP contribution in [0.25, 0.3) is 10.9 Å². The molecule has 1 aromatic heterocycles. The Labute approximate surface area is 123 Å². The van der Waals surface area contributed by atoms with Crippen molar-refractivity contribution in [2.45, 2.75) is 13.0 Å². The molecule has 0 fully saturated rings. The van der Waals surface area contributed by atoms with Crippen LogP contribution in [-0.4, -0.2) is 4.98 Å². The molecule has 0 amide bonds. The predicted octanol–water partition coefficient (Wildman–Crippen LogP) is 4.24. The molecule has 0 aliphatic carbocycles. The molecule has 0 bridgehead atoms. The lowest BCUT2D eigenvalue weighted by Crippen LogP contribution is -2.13. The van der Waals surface area contributed by atoms with Gasteiger partial charge in [0.15, 0.2) is 0 Å². The van der Waals surface area contributed by atoms with E-state index in [9.17, 15) is 0 Å². The van der Waals surface area contributed by atoms with Crippen molar-refractivity contribution in [1.29, 1.82) is 0 Å². The average Bonchev–Trinajstić information content (AvgIpc) is 2.49. The lowest BCUT2D eigenvalue weighted by Gasteiger charge is -2.17. The van der Waals surface area contributed by atoms with Gasteiger partial charge in [-0.2, -0.15) is 0 Å². The fourth-order valence-electron chi connectivity index (χ4n) is 2.46. The average molecular weight is 283 g/mol. The number of aryl methyl sites for hydroxylation is 1. The Kier molecular flexibility index (Phi) is 3.43. The van der Waals surface area contributed by atoms with Gasteiger partial charge in [-0.1, -0.05) is 54.1 Å². The lowest BCUT2D eigenvalue weighted by atomic mass is 9.96. The molecule has 0 spiro atoms. The molecule has 100 valence electrons. The van der Waals surface area contributed by atoms with E-state index in [2.05, 4.69) is 4.98 Å². The summed E-state index contributed by atoms with van der Waals surface area (Å²) >= 11 is 6.39. The van der Waals surface area contributed by atoms with E-state index >= 15 is 0 Å². The molecule has 0 saturated carbocycles.